The number of ether oxygens (including phenoxy) is 2. The van der Waals surface area contributed by atoms with Crippen molar-refractivity contribution in [1.82, 2.24) is 15.4 Å². The van der Waals surface area contributed by atoms with E-state index in [1.165, 1.54) is 13.0 Å². The van der Waals surface area contributed by atoms with Gasteiger partial charge in [-0.1, -0.05) is 31.0 Å². The summed E-state index contributed by atoms with van der Waals surface area (Å²) in [6, 6.07) is 10.8. The number of sulfonamides is 1. The molecule has 1 atom stereocenters. The third kappa shape index (κ3) is 13.3. The van der Waals surface area contributed by atoms with Crippen molar-refractivity contribution in [2.75, 3.05) is 32.8 Å². The fourth-order valence-corrected chi connectivity index (χ4v) is 5.23. The molecule has 0 spiro atoms. The molecule has 2 aromatic carbocycles. The Labute approximate surface area is 249 Å². The minimum atomic E-state index is -3.90. The van der Waals surface area contributed by atoms with Crippen LogP contribution in [0.2, 0.25) is 0 Å². The molecular formula is C30H45N3O8S. The molecule has 0 heterocycles. The van der Waals surface area contributed by atoms with Gasteiger partial charge in [-0.25, -0.2) is 17.9 Å². The predicted octanol–water partition coefficient (Wildman–Crippen LogP) is 3.33. The van der Waals surface area contributed by atoms with Crippen molar-refractivity contribution in [2.45, 2.75) is 76.4 Å². The number of nitrogens with one attached hydrogen (secondary N) is 3. The van der Waals surface area contributed by atoms with Crippen LogP contribution >= 0.6 is 0 Å². The van der Waals surface area contributed by atoms with Crippen molar-refractivity contribution < 1.29 is 37.7 Å². The zero-order valence-corrected chi connectivity index (χ0v) is 25.4. The van der Waals surface area contributed by atoms with E-state index in [-0.39, 0.29) is 11.5 Å². The summed E-state index contributed by atoms with van der Waals surface area (Å²) in [4.78, 5) is 22.8. The summed E-state index contributed by atoms with van der Waals surface area (Å²) in [6.45, 7) is 5.56. The third-order valence-corrected chi connectivity index (χ3v) is 7.73. The van der Waals surface area contributed by atoms with Crippen LogP contribution in [-0.4, -0.2) is 63.5 Å². The molecule has 0 fully saturated rings. The highest BCUT2D eigenvalue weighted by Crippen LogP contribution is 2.24. The van der Waals surface area contributed by atoms with E-state index < -0.39 is 28.1 Å². The quantitative estimate of drug-likeness (QED) is 0.0863. The third-order valence-electron chi connectivity index (χ3n) is 6.40. The number of aliphatic hydroxyl groups is 2. The molecule has 0 aromatic heterocycles. The van der Waals surface area contributed by atoms with Crippen molar-refractivity contribution >= 4 is 22.0 Å². The summed E-state index contributed by atoms with van der Waals surface area (Å²) in [5.74, 6) is -0.170. The molecule has 0 saturated carbocycles. The number of hydrogen-bond acceptors (Lipinski definition) is 9. The van der Waals surface area contributed by atoms with E-state index in [1.54, 1.807) is 37.3 Å². The molecule has 5 N–H and O–H groups in total. The molecule has 42 heavy (non-hydrogen) atoms. The number of aryl methyl sites for hydroxylation is 1. The highest BCUT2D eigenvalue weighted by molar-refractivity contribution is 7.90. The molecule has 0 bridgehead atoms. The predicted molar refractivity (Wildman–Crippen MR) is 160 cm³/mol. The summed E-state index contributed by atoms with van der Waals surface area (Å²) >= 11 is 0. The van der Waals surface area contributed by atoms with Crippen molar-refractivity contribution in [1.29, 1.82) is 0 Å². The Morgan fingerprint density at radius 1 is 0.976 bits per heavy atom. The van der Waals surface area contributed by atoms with Gasteiger partial charge in [0.05, 0.1) is 17.6 Å². The summed E-state index contributed by atoms with van der Waals surface area (Å²) in [6.07, 6.45) is 5.77. The number of unbranched alkanes of at least 4 members (excludes halogenated alkanes) is 4. The molecular weight excluding hydrogens is 562 g/mol. The van der Waals surface area contributed by atoms with Gasteiger partial charge in [-0.3, -0.25) is 4.79 Å². The van der Waals surface area contributed by atoms with Gasteiger partial charge in [-0.2, -0.15) is 0 Å². The van der Waals surface area contributed by atoms with Gasteiger partial charge >= 0.3 is 12.0 Å². The fourth-order valence-electron chi connectivity index (χ4n) is 4.23. The maximum absolute atomic E-state index is 12.4. The zero-order chi connectivity index (χ0) is 30.8. The standard InChI is InChI=1S/C30H45N3O8S/c1-3-32-30(37)33-42(38,39)27-13-10-12-24(19-27)11-6-9-18-40-17-8-5-4-7-16-31-21-28(36)25-14-15-29(41-23(2)35)26(20-25)22-34/h10,12-15,19-20,28,31,34,36H,3-9,11,16-18,21-22H2,1-2H3,(H2,32,33,37). The first-order valence-electron chi connectivity index (χ1n) is 14.4. The Bertz CT molecular complexity index is 1220. The highest BCUT2D eigenvalue weighted by Gasteiger charge is 2.17. The van der Waals surface area contributed by atoms with Crippen LogP contribution in [0.15, 0.2) is 47.4 Å². The maximum Gasteiger partial charge on any atom is 0.328 e. The molecule has 2 rings (SSSR count). The van der Waals surface area contributed by atoms with Gasteiger partial charge in [0.25, 0.3) is 10.0 Å². The van der Waals surface area contributed by atoms with Gasteiger partial charge in [0, 0.05) is 38.8 Å². The lowest BCUT2D eigenvalue weighted by Gasteiger charge is -2.15. The van der Waals surface area contributed by atoms with Gasteiger partial charge in [0.15, 0.2) is 0 Å². The van der Waals surface area contributed by atoms with Crippen LogP contribution in [0.4, 0.5) is 4.79 Å². The molecule has 0 aliphatic carbocycles. The first-order valence-corrected chi connectivity index (χ1v) is 15.9. The van der Waals surface area contributed by atoms with Crippen molar-refractivity contribution in [3.8, 4) is 5.75 Å². The average molecular weight is 608 g/mol. The van der Waals surface area contributed by atoms with Crippen molar-refractivity contribution in [3.63, 3.8) is 0 Å². The summed E-state index contributed by atoms with van der Waals surface area (Å²) in [7, 11) is -3.90. The van der Waals surface area contributed by atoms with Crippen LogP contribution < -0.4 is 20.1 Å². The Morgan fingerprint density at radius 2 is 1.71 bits per heavy atom. The smallest absolute Gasteiger partial charge is 0.328 e. The molecule has 2 amide bonds. The normalized spacial score (nSPS) is 12.1. The highest BCUT2D eigenvalue weighted by atomic mass is 32.2. The van der Waals surface area contributed by atoms with E-state index in [4.69, 9.17) is 9.47 Å². The Morgan fingerprint density at radius 3 is 2.43 bits per heavy atom. The fraction of sp³-hybridized carbons (Fsp3) is 0.533. The number of esters is 1. The Kier molecular flexibility index (Phi) is 16.1. The number of amides is 2. The van der Waals surface area contributed by atoms with Crippen LogP contribution in [0.3, 0.4) is 0 Å². The number of carbonyl (C=O) groups is 2. The topological polar surface area (TPSA) is 163 Å². The van der Waals surface area contributed by atoms with Crippen molar-refractivity contribution in [3.05, 3.63) is 59.2 Å². The minimum absolute atomic E-state index is 0.0674. The van der Waals surface area contributed by atoms with Crippen molar-refractivity contribution in [2.24, 2.45) is 0 Å². The van der Waals surface area contributed by atoms with Crippen LogP contribution in [-0.2, 0) is 32.6 Å². The average Bonchev–Trinajstić information content (AvgIpc) is 2.95. The molecule has 11 nitrogen and oxygen atoms in total. The van der Waals surface area contributed by atoms with E-state index >= 15 is 0 Å². The SMILES string of the molecule is CCNC(=O)NS(=O)(=O)c1cccc(CCCCOCCCCCCNCC(O)c2ccc(OC(C)=O)c(CO)c2)c1. The Balaban J connectivity index is 1.51. The molecule has 0 saturated heterocycles. The van der Waals surface area contributed by atoms with Crippen LogP contribution in [0.5, 0.6) is 5.75 Å². The summed E-state index contributed by atoms with van der Waals surface area (Å²) in [5, 5.41) is 25.6. The summed E-state index contributed by atoms with van der Waals surface area (Å²) < 4.78 is 37.5. The van der Waals surface area contributed by atoms with Gasteiger partial charge in [-0.15, -0.1) is 0 Å². The molecule has 0 aliphatic heterocycles. The number of benzene rings is 2. The van der Waals surface area contributed by atoms with E-state index in [0.717, 1.165) is 57.1 Å². The molecule has 0 aliphatic rings. The monoisotopic (exact) mass is 607 g/mol. The molecule has 0 radical (unpaired) electrons. The maximum atomic E-state index is 12.4. The van der Waals surface area contributed by atoms with E-state index in [9.17, 15) is 28.2 Å². The lowest BCUT2D eigenvalue weighted by Crippen LogP contribution is -2.39. The van der Waals surface area contributed by atoms with E-state index in [1.807, 2.05) is 10.8 Å². The van der Waals surface area contributed by atoms with Crippen LogP contribution in [0, 0.1) is 0 Å². The number of carbonyl (C=O) groups excluding carboxylic acids is 2. The first-order chi connectivity index (χ1) is 20.2. The summed E-state index contributed by atoms with van der Waals surface area (Å²) in [5.41, 5.74) is 1.99. The molecule has 234 valence electrons. The minimum Gasteiger partial charge on any atom is -0.426 e. The lowest BCUT2D eigenvalue weighted by molar-refractivity contribution is -0.131. The van der Waals surface area contributed by atoms with E-state index in [0.29, 0.717) is 43.2 Å². The number of urea groups is 1. The molecule has 1 unspecified atom stereocenters. The molecule has 12 heteroatoms. The lowest BCUT2D eigenvalue weighted by atomic mass is 10.1. The number of rotatable bonds is 20. The largest absolute Gasteiger partial charge is 0.426 e. The van der Waals surface area contributed by atoms with Gasteiger partial charge in [-0.05, 0) is 81.0 Å². The second kappa shape index (κ2) is 19.2. The second-order valence-electron chi connectivity index (χ2n) is 9.93. The molecule has 2 aromatic rings. The van der Waals surface area contributed by atoms with E-state index in [2.05, 4.69) is 10.6 Å². The Hall–Kier alpha value is -3.03. The number of aliphatic hydroxyl groups excluding tert-OH is 2. The van der Waals surface area contributed by atoms with Gasteiger partial charge < -0.3 is 30.3 Å². The van der Waals surface area contributed by atoms with Gasteiger partial charge in [0.2, 0.25) is 0 Å². The second-order valence-corrected chi connectivity index (χ2v) is 11.6. The first kappa shape index (κ1) is 35.2. The van der Waals surface area contributed by atoms with Gasteiger partial charge in [0.1, 0.15) is 5.75 Å². The van der Waals surface area contributed by atoms with Crippen LogP contribution in [0.25, 0.3) is 0 Å². The van der Waals surface area contributed by atoms with Crippen LogP contribution in [0.1, 0.15) is 75.2 Å². The zero-order valence-electron chi connectivity index (χ0n) is 24.6. The number of hydrogen-bond donors (Lipinski definition) is 5.